The highest BCUT2D eigenvalue weighted by Crippen LogP contribution is 2.38. The van der Waals surface area contributed by atoms with Crippen LogP contribution in [0.15, 0.2) is 101 Å². The number of benzene rings is 3. The third kappa shape index (κ3) is 9.26. The van der Waals surface area contributed by atoms with E-state index in [1.165, 1.54) is 54.5 Å². The normalized spacial score (nSPS) is 12.4. The van der Waals surface area contributed by atoms with Crippen LogP contribution in [0.2, 0.25) is 0 Å². The number of ether oxygens (including phenoxy) is 1. The standard InChI is InChI=1S/C36H35F3N6O3S/c1-21(2)27-17-16-26-31(43-27)40-20-41-32(26)44-28-19-23(33(46)45-30(36(37,38)39)22-9-7-6-8-10-22)11-18-29(28)49-25-14-12-24(13-15-25)42-34(47)48-35(3,4)5/h6-21,30H,1-5H3,(H,42,47)(H,45,46)(H,40,41,43,44). The number of carbonyl (C=O) groups excluding carboxylic acids is 2. The topological polar surface area (TPSA) is 118 Å². The second-order valence-electron chi connectivity index (χ2n) is 12.4. The lowest BCUT2D eigenvalue weighted by Crippen LogP contribution is -2.38. The number of hydrogen-bond acceptors (Lipinski definition) is 8. The van der Waals surface area contributed by atoms with Crippen molar-refractivity contribution >= 4 is 52.0 Å². The molecular formula is C36H35F3N6O3S. The lowest BCUT2D eigenvalue weighted by molar-refractivity contribution is -0.155. The highest BCUT2D eigenvalue weighted by molar-refractivity contribution is 7.99. The summed E-state index contributed by atoms with van der Waals surface area (Å²) in [6, 6.07) is 20.4. The first-order chi connectivity index (χ1) is 23.2. The van der Waals surface area contributed by atoms with Crippen molar-refractivity contribution in [1.82, 2.24) is 20.3 Å². The number of alkyl halides is 3. The maximum Gasteiger partial charge on any atom is 0.412 e. The van der Waals surface area contributed by atoms with Gasteiger partial charge in [0.1, 0.15) is 17.7 Å². The summed E-state index contributed by atoms with van der Waals surface area (Å²) in [4.78, 5) is 40.4. The number of halogens is 3. The first-order valence-electron chi connectivity index (χ1n) is 15.4. The fourth-order valence-electron chi connectivity index (χ4n) is 4.73. The van der Waals surface area contributed by atoms with Crippen molar-refractivity contribution in [2.24, 2.45) is 0 Å². The average Bonchev–Trinajstić information content (AvgIpc) is 3.04. The molecule has 1 unspecified atom stereocenters. The number of pyridine rings is 1. The number of carbonyl (C=O) groups is 2. The summed E-state index contributed by atoms with van der Waals surface area (Å²) in [5.41, 5.74) is 1.55. The number of fused-ring (bicyclic) bond motifs is 1. The molecule has 3 N–H and O–H groups in total. The van der Waals surface area contributed by atoms with E-state index < -0.39 is 29.8 Å². The summed E-state index contributed by atoms with van der Waals surface area (Å²) in [5, 5.41) is 8.73. The molecule has 2 aromatic heterocycles. The summed E-state index contributed by atoms with van der Waals surface area (Å²) >= 11 is 1.34. The molecule has 5 rings (SSSR count). The molecule has 0 saturated carbocycles. The van der Waals surface area contributed by atoms with Crippen LogP contribution in [0.4, 0.5) is 35.2 Å². The summed E-state index contributed by atoms with van der Waals surface area (Å²) in [6.07, 6.45) is -3.93. The van der Waals surface area contributed by atoms with Crippen molar-refractivity contribution in [3.8, 4) is 0 Å². The Hall–Kier alpha value is -5.17. The predicted octanol–water partition coefficient (Wildman–Crippen LogP) is 9.42. The molecule has 1 atom stereocenters. The molecule has 0 aliphatic carbocycles. The first kappa shape index (κ1) is 35.1. The van der Waals surface area contributed by atoms with Gasteiger partial charge in [-0.3, -0.25) is 10.1 Å². The third-order valence-electron chi connectivity index (χ3n) is 7.07. The minimum atomic E-state index is -4.72. The maximum atomic E-state index is 14.1. The Kier molecular flexibility index (Phi) is 10.4. The molecule has 9 nitrogen and oxygen atoms in total. The van der Waals surface area contributed by atoms with Crippen molar-refractivity contribution in [3.63, 3.8) is 0 Å². The number of anilines is 3. The zero-order valence-corrected chi connectivity index (χ0v) is 28.2. The molecule has 0 radical (unpaired) electrons. The number of rotatable bonds is 9. The van der Waals surface area contributed by atoms with Crippen molar-refractivity contribution in [2.75, 3.05) is 10.6 Å². The summed E-state index contributed by atoms with van der Waals surface area (Å²) in [5.74, 6) is -0.322. The van der Waals surface area contributed by atoms with Gasteiger partial charge in [-0.2, -0.15) is 13.2 Å². The molecule has 3 aromatic carbocycles. The maximum absolute atomic E-state index is 14.1. The van der Waals surface area contributed by atoms with Crippen LogP contribution >= 0.6 is 11.8 Å². The lowest BCUT2D eigenvalue weighted by atomic mass is 10.1. The van der Waals surface area contributed by atoms with E-state index in [0.29, 0.717) is 33.1 Å². The molecule has 0 fully saturated rings. The molecule has 0 bridgehead atoms. The van der Waals surface area contributed by atoms with E-state index in [-0.39, 0.29) is 17.0 Å². The van der Waals surface area contributed by atoms with Gasteiger partial charge in [-0.05, 0) is 86.8 Å². The zero-order valence-electron chi connectivity index (χ0n) is 27.4. The molecule has 254 valence electrons. The van der Waals surface area contributed by atoms with Crippen LogP contribution in [0.1, 0.15) is 68.2 Å². The fraction of sp³-hybridized carbons (Fsp3) is 0.250. The predicted molar refractivity (Wildman–Crippen MR) is 184 cm³/mol. The van der Waals surface area contributed by atoms with Crippen LogP contribution in [0.3, 0.4) is 0 Å². The molecule has 0 aliphatic heterocycles. The van der Waals surface area contributed by atoms with Gasteiger partial charge in [-0.15, -0.1) is 0 Å². The highest BCUT2D eigenvalue weighted by Gasteiger charge is 2.42. The zero-order chi connectivity index (χ0) is 35.3. The Morgan fingerprint density at radius 1 is 0.878 bits per heavy atom. The van der Waals surface area contributed by atoms with Crippen LogP contribution in [0.5, 0.6) is 0 Å². The van der Waals surface area contributed by atoms with Gasteiger partial charge in [-0.1, -0.05) is 55.9 Å². The summed E-state index contributed by atoms with van der Waals surface area (Å²) in [7, 11) is 0. The van der Waals surface area contributed by atoms with E-state index in [0.717, 1.165) is 10.6 Å². The van der Waals surface area contributed by atoms with Gasteiger partial charge in [0.2, 0.25) is 0 Å². The molecule has 5 aromatic rings. The molecule has 0 spiro atoms. The lowest BCUT2D eigenvalue weighted by Gasteiger charge is -2.22. The monoisotopic (exact) mass is 688 g/mol. The van der Waals surface area contributed by atoms with Gasteiger partial charge in [0.15, 0.2) is 11.7 Å². The number of amides is 2. The molecule has 0 saturated heterocycles. The smallest absolute Gasteiger partial charge is 0.412 e. The molecule has 49 heavy (non-hydrogen) atoms. The summed E-state index contributed by atoms with van der Waals surface area (Å²) < 4.78 is 47.5. The van der Waals surface area contributed by atoms with Gasteiger partial charge < -0.3 is 15.4 Å². The van der Waals surface area contributed by atoms with E-state index in [9.17, 15) is 22.8 Å². The van der Waals surface area contributed by atoms with E-state index in [1.54, 1.807) is 57.2 Å². The van der Waals surface area contributed by atoms with E-state index in [2.05, 4.69) is 30.9 Å². The van der Waals surface area contributed by atoms with Crippen molar-refractivity contribution in [3.05, 3.63) is 108 Å². The van der Waals surface area contributed by atoms with E-state index in [1.807, 2.05) is 26.0 Å². The Labute approximate surface area is 286 Å². The van der Waals surface area contributed by atoms with E-state index in [4.69, 9.17) is 4.74 Å². The minimum Gasteiger partial charge on any atom is -0.444 e. The number of nitrogens with one attached hydrogen (secondary N) is 3. The highest BCUT2D eigenvalue weighted by atomic mass is 32.2. The fourth-order valence-corrected chi connectivity index (χ4v) is 5.61. The average molecular weight is 689 g/mol. The van der Waals surface area contributed by atoms with Crippen LogP contribution in [0.25, 0.3) is 11.0 Å². The Morgan fingerprint density at radius 3 is 2.24 bits per heavy atom. The van der Waals surface area contributed by atoms with Crippen LogP contribution in [0, 0.1) is 0 Å². The molecule has 2 heterocycles. The van der Waals surface area contributed by atoms with Gasteiger partial charge in [-0.25, -0.2) is 19.7 Å². The SMILES string of the molecule is CC(C)c1ccc2c(Nc3cc(C(=O)NC(c4ccccc4)C(F)(F)F)ccc3Sc3ccc(NC(=O)OC(C)(C)C)cc3)ncnc2n1. The minimum absolute atomic E-state index is 0.00696. The molecule has 0 aliphatic rings. The third-order valence-corrected chi connectivity index (χ3v) is 8.15. The second kappa shape index (κ2) is 14.5. The molecule has 13 heteroatoms. The van der Waals surface area contributed by atoms with Crippen LogP contribution in [-0.2, 0) is 4.74 Å². The van der Waals surface area contributed by atoms with Gasteiger partial charge in [0.05, 0.1) is 11.1 Å². The summed E-state index contributed by atoms with van der Waals surface area (Å²) in [6.45, 7) is 9.36. The Bertz CT molecular complexity index is 1950. The quantitative estimate of drug-likeness (QED) is 0.140. The van der Waals surface area contributed by atoms with Crippen molar-refractivity contribution in [2.45, 2.75) is 68.1 Å². The largest absolute Gasteiger partial charge is 0.444 e. The first-order valence-corrected chi connectivity index (χ1v) is 16.2. The Balaban J connectivity index is 1.47. The van der Waals surface area contributed by atoms with Gasteiger partial charge in [0.25, 0.3) is 5.91 Å². The van der Waals surface area contributed by atoms with E-state index >= 15 is 0 Å². The van der Waals surface area contributed by atoms with Crippen molar-refractivity contribution in [1.29, 1.82) is 0 Å². The van der Waals surface area contributed by atoms with Crippen LogP contribution < -0.4 is 16.0 Å². The number of nitrogens with zero attached hydrogens (tertiary/aromatic N) is 3. The van der Waals surface area contributed by atoms with Gasteiger partial charge >= 0.3 is 12.3 Å². The number of aromatic nitrogens is 3. The second-order valence-corrected chi connectivity index (χ2v) is 13.5. The van der Waals surface area contributed by atoms with Crippen LogP contribution in [-0.4, -0.2) is 38.7 Å². The van der Waals surface area contributed by atoms with Crippen molar-refractivity contribution < 1.29 is 27.5 Å². The van der Waals surface area contributed by atoms with Gasteiger partial charge in [0, 0.05) is 26.7 Å². The Morgan fingerprint density at radius 2 is 1.59 bits per heavy atom. The molecular weight excluding hydrogens is 653 g/mol. The molecule has 2 amide bonds. The number of hydrogen-bond donors (Lipinski definition) is 3.